The molecule has 5 heteroatoms. The number of aryl methyl sites for hydroxylation is 1. The number of hydrogen-bond donors (Lipinski definition) is 2. The molecule has 0 atom stereocenters. The number of amides is 1. The first-order valence-electron chi connectivity index (χ1n) is 9.96. The van der Waals surface area contributed by atoms with Gasteiger partial charge in [0.1, 0.15) is 5.75 Å². The van der Waals surface area contributed by atoms with Gasteiger partial charge in [0.2, 0.25) is 5.91 Å². The van der Waals surface area contributed by atoms with E-state index in [9.17, 15) is 9.59 Å². The van der Waals surface area contributed by atoms with Gasteiger partial charge in [0, 0.05) is 24.1 Å². The number of benzene rings is 2. The van der Waals surface area contributed by atoms with Gasteiger partial charge in [-0.2, -0.15) is 0 Å². The fourth-order valence-electron chi connectivity index (χ4n) is 3.49. The van der Waals surface area contributed by atoms with Gasteiger partial charge in [0.25, 0.3) is 0 Å². The van der Waals surface area contributed by atoms with E-state index in [2.05, 4.69) is 16.7 Å². The standard InChI is InChI=1S/C23H28N2O3/c1-28-22-8-3-2-6-17(22)13-15-24-14-5-4-7-21(26)19-9-11-20-18(16-19)10-12-23(27)25-20/h2-3,6,8-9,11,16,24H,4-5,7,10,12-15H2,1H3,(H,25,27). The molecule has 0 spiro atoms. The predicted molar refractivity (Wildman–Crippen MR) is 111 cm³/mol. The van der Waals surface area contributed by atoms with E-state index in [0.717, 1.165) is 54.9 Å². The molecule has 2 aromatic carbocycles. The van der Waals surface area contributed by atoms with Crippen molar-refractivity contribution in [1.82, 2.24) is 5.32 Å². The van der Waals surface area contributed by atoms with Gasteiger partial charge >= 0.3 is 0 Å². The molecule has 2 aromatic rings. The van der Waals surface area contributed by atoms with Crippen molar-refractivity contribution in [2.24, 2.45) is 0 Å². The molecular weight excluding hydrogens is 352 g/mol. The molecule has 0 aliphatic carbocycles. The van der Waals surface area contributed by atoms with Crippen molar-refractivity contribution in [3.8, 4) is 5.75 Å². The maximum Gasteiger partial charge on any atom is 0.224 e. The van der Waals surface area contributed by atoms with Crippen LogP contribution in [0.2, 0.25) is 0 Å². The third kappa shape index (κ3) is 5.42. The fourth-order valence-corrected chi connectivity index (χ4v) is 3.49. The first-order chi connectivity index (χ1) is 13.7. The molecule has 0 aromatic heterocycles. The van der Waals surface area contributed by atoms with E-state index < -0.39 is 0 Å². The van der Waals surface area contributed by atoms with Gasteiger partial charge in [-0.25, -0.2) is 0 Å². The molecule has 5 nitrogen and oxygen atoms in total. The number of Topliss-reactive ketones (excluding diaryl/α,β-unsaturated/α-hetero) is 1. The average Bonchev–Trinajstić information content (AvgIpc) is 2.72. The van der Waals surface area contributed by atoms with Crippen LogP contribution in [0.1, 0.15) is 47.2 Å². The number of fused-ring (bicyclic) bond motifs is 1. The average molecular weight is 380 g/mol. The second kappa shape index (κ2) is 10.0. The zero-order valence-corrected chi connectivity index (χ0v) is 16.4. The number of unbranched alkanes of at least 4 members (excludes halogenated alkanes) is 1. The zero-order chi connectivity index (χ0) is 19.8. The van der Waals surface area contributed by atoms with Crippen LogP contribution in [0.5, 0.6) is 5.75 Å². The summed E-state index contributed by atoms with van der Waals surface area (Å²) in [6.07, 6.45) is 4.52. The normalized spacial score (nSPS) is 13.0. The van der Waals surface area contributed by atoms with E-state index in [1.54, 1.807) is 7.11 Å². The third-order valence-electron chi connectivity index (χ3n) is 5.09. The molecule has 0 fully saturated rings. The van der Waals surface area contributed by atoms with Gasteiger partial charge in [-0.15, -0.1) is 0 Å². The minimum atomic E-state index is 0.0461. The molecule has 2 N–H and O–H groups in total. The number of anilines is 1. The quantitative estimate of drug-likeness (QED) is 0.486. The van der Waals surface area contributed by atoms with Crippen molar-refractivity contribution >= 4 is 17.4 Å². The molecule has 0 bridgehead atoms. The summed E-state index contributed by atoms with van der Waals surface area (Å²) in [6.45, 7) is 1.80. The summed E-state index contributed by atoms with van der Waals surface area (Å²) < 4.78 is 5.36. The Bertz CT molecular complexity index is 832. The van der Waals surface area contributed by atoms with Crippen LogP contribution in [0.3, 0.4) is 0 Å². The summed E-state index contributed by atoms with van der Waals surface area (Å²) in [4.78, 5) is 23.8. The molecule has 0 radical (unpaired) electrons. The Morgan fingerprint density at radius 1 is 1.11 bits per heavy atom. The van der Waals surface area contributed by atoms with Gasteiger partial charge < -0.3 is 15.4 Å². The summed E-state index contributed by atoms with van der Waals surface area (Å²) in [7, 11) is 1.70. The molecule has 1 amide bonds. The number of carbonyl (C=O) groups excluding carboxylic acids is 2. The van der Waals surface area contributed by atoms with Crippen LogP contribution < -0.4 is 15.4 Å². The van der Waals surface area contributed by atoms with Gasteiger partial charge in [0.15, 0.2) is 5.78 Å². The van der Waals surface area contributed by atoms with Crippen LogP contribution >= 0.6 is 0 Å². The SMILES string of the molecule is COc1ccccc1CCNCCCCC(=O)c1ccc2c(c1)CCC(=O)N2. The Balaban J connectivity index is 1.34. The second-order valence-corrected chi connectivity index (χ2v) is 7.11. The van der Waals surface area contributed by atoms with Gasteiger partial charge in [-0.3, -0.25) is 9.59 Å². The number of ketones is 1. The predicted octanol–water partition coefficient (Wildman–Crippen LogP) is 3.77. The van der Waals surface area contributed by atoms with E-state index >= 15 is 0 Å². The highest BCUT2D eigenvalue weighted by molar-refractivity contribution is 5.98. The summed E-state index contributed by atoms with van der Waals surface area (Å²) in [6, 6.07) is 13.7. The molecule has 0 unspecified atom stereocenters. The number of rotatable bonds is 10. The summed E-state index contributed by atoms with van der Waals surface area (Å²) in [5.74, 6) is 1.15. The molecule has 1 aliphatic heterocycles. The van der Waals surface area contributed by atoms with Crippen LogP contribution in [0.15, 0.2) is 42.5 Å². The van der Waals surface area contributed by atoms with Crippen LogP contribution in [-0.2, 0) is 17.6 Å². The lowest BCUT2D eigenvalue weighted by molar-refractivity contribution is -0.116. The minimum Gasteiger partial charge on any atom is -0.496 e. The Kier molecular flexibility index (Phi) is 7.20. The Morgan fingerprint density at radius 3 is 2.82 bits per heavy atom. The lowest BCUT2D eigenvalue weighted by Gasteiger charge is -2.17. The van der Waals surface area contributed by atoms with Crippen LogP contribution in [-0.4, -0.2) is 31.9 Å². The van der Waals surface area contributed by atoms with Crippen LogP contribution in [0.25, 0.3) is 0 Å². The van der Waals surface area contributed by atoms with Crippen molar-refractivity contribution in [3.63, 3.8) is 0 Å². The lowest BCUT2D eigenvalue weighted by Crippen LogP contribution is -2.19. The van der Waals surface area contributed by atoms with Crippen molar-refractivity contribution in [2.75, 3.05) is 25.5 Å². The number of para-hydroxylation sites is 1. The number of carbonyl (C=O) groups is 2. The van der Waals surface area contributed by atoms with Crippen molar-refractivity contribution in [1.29, 1.82) is 0 Å². The summed E-state index contributed by atoms with van der Waals surface area (Å²) in [5.41, 5.74) is 3.85. The summed E-state index contributed by atoms with van der Waals surface area (Å²) >= 11 is 0. The molecular formula is C23H28N2O3. The highest BCUT2D eigenvalue weighted by atomic mass is 16.5. The maximum absolute atomic E-state index is 12.4. The Morgan fingerprint density at radius 2 is 1.96 bits per heavy atom. The minimum absolute atomic E-state index is 0.0461. The van der Waals surface area contributed by atoms with E-state index in [1.165, 1.54) is 5.56 Å². The van der Waals surface area contributed by atoms with Gasteiger partial charge in [-0.1, -0.05) is 18.2 Å². The molecule has 28 heavy (non-hydrogen) atoms. The molecule has 1 heterocycles. The number of nitrogens with one attached hydrogen (secondary N) is 2. The largest absolute Gasteiger partial charge is 0.496 e. The molecule has 148 valence electrons. The smallest absolute Gasteiger partial charge is 0.224 e. The third-order valence-corrected chi connectivity index (χ3v) is 5.09. The summed E-state index contributed by atoms with van der Waals surface area (Å²) in [5, 5.41) is 6.29. The van der Waals surface area contributed by atoms with Crippen LogP contribution in [0.4, 0.5) is 5.69 Å². The monoisotopic (exact) mass is 380 g/mol. The molecule has 1 aliphatic rings. The Labute approximate surface area is 166 Å². The fraction of sp³-hybridized carbons (Fsp3) is 0.391. The van der Waals surface area contributed by atoms with Gasteiger partial charge in [-0.05, 0) is 74.2 Å². The number of ether oxygens (including phenoxy) is 1. The molecule has 0 saturated heterocycles. The lowest BCUT2D eigenvalue weighted by atomic mass is 9.97. The van der Waals surface area contributed by atoms with Crippen molar-refractivity contribution in [2.45, 2.75) is 38.5 Å². The van der Waals surface area contributed by atoms with E-state index in [-0.39, 0.29) is 11.7 Å². The van der Waals surface area contributed by atoms with Crippen molar-refractivity contribution < 1.29 is 14.3 Å². The number of methoxy groups -OCH3 is 1. The van der Waals surface area contributed by atoms with Gasteiger partial charge in [0.05, 0.1) is 7.11 Å². The highest BCUT2D eigenvalue weighted by Gasteiger charge is 2.16. The molecule has 0 saturated carbocycles. The topological polar surface area (TPSA) is 67.4 Å². The maximum atomic E-state index is 12.4. The Hall–Kier alpha value is -2.66. The van der Waals surface area contributed by atoms with E-state index in [1.807, 2.05) is 36.4 Å². The zero-order valence-electron chi connectivity index (χ0n) is 16.4. The van der Waals surface area contributed by atoms with Crippen molar-refractivity contribution in [3.05, 3.63) is 59.2 Å². The number of hydrogen-bond acceptors (Lipinski definition) is 4. The highest BCUT2D eigenvalue weighted by Crippen LogP contribution is 2.24. The first-order valence-corrected chi connectivity index (χ1v) is 9.96. The first kappa shape index (κ1) is 20.1. The van der Waals surface area contributed by atoms with Crippen LogP contribution in [0, 0.1) is 0 Å². The van der Waals surface area contributed by atoms with E-state index in [0.29, 0.717) is 19.3 Å². The molecule has 3 rings (SSSR count). The second-order valence-electron chi connectivity index (χ2n) is 7.11. The van der Waals surface area contributed by atoms with E-state index in [4.69, 9.17) is 4.74 Å².